The van der Waals surface area contributed by atoms with Crippen molar-refractivity contribution in [2.45, 2.75) is 5.22 Å². The number of hydrogen-bond donors (Lipinski definition) is 1. The quantitative estimate of drug-likeness (QED) is 0.646. The van der Waals surface area contributed by atoms with Gasteiger partial charge in [-0.1, -0.05) is 23.9 Å². The Morgan fingerprint density at radius 3 is 2.93 bits per heavy atom. The monoisotopic (exact) mass is 385 g/mol. The first-order chi connectivity index (χ1) is 13.2. The van der Waals surface area contributed by atoms with Crippen LogP contribution in [-0.2, 0) is 4.79 Å². The average molecular weight is 385 g/mol. The highest BCUT2D eigenvalue weighted by Crippen LogP contribution is 2.34. The molecule has 1 aliphatic rings. The summed E-state index contributed by atoms with van der Waals surface area (Å²) in [6.07, 6.45) is 0. The largest absolute Gasteiger partial charge is 0.496 e. The van der Waals surface area contributed by atoms with Gasteiger partial charge in [0.1, 0.15) is 5.75 Å². The number of methoxy groups -OCH3 is 1. The minimum Gasteiger partial charge on any atom is -0.496 e. The van der Waals surface area contributed by atoms with Gasteiger partial charge in [-0.25, -0.2) is 0 Å². The molecule has 3 aromatic rings. The summed E-state index contributed by atoms with van der Waals surface area (Å²) in [6, 6.07) is 12.6. The molecule has 1 aromatic heterocycles. The van der Waals surface area contributed by atoms with Crippen LogP contribution in [0.15, 0.2) is 52.1 Å². The number of anilines is 1. The molecule has 0 saturated heterocycles. The lowest BCUT2D eigenvalue weighted by Gasteiger charge is -2.05. The van der Waals surface area contributed by atoms with E-state index in [0.29, 0.717) is 39.6 Å². The summed E-state index contributed by atoms with van der Waals surface area (Å²) < 4.78 is 21.4. The maximum absolute atomic E-state index is 12.1. The van der Waals surface area contributed by atoms with E-state index < -0.39 is 0 Å². The third kappa shape index (κ3) is 3.82. The first-order valence-electron chi connectivity index (χ1n) is 8.02. The zero-order valence-electron chi connectivity index (χ0n) is 14.3. The Bertz CT molecular complexity index is 975. The van der Waals surface area contributed by atoms with Crippen LogP contribution in [0, 0.1) is 0 Å². The van der Waals surface area contributed by atoms with Gasteiger partial charge in [-0.15, -0.1) is 10.2 Å². The number of aromatic nitrogens is 2. The molecule has 2 heterocycles. The number of fused-ring (bicyclic) bond motifs is 1. The predicted molar refractivity (Wildman–Crippen MR) is 98.2 cm³/mol. The minimum absolute atomic E-state index is 0.127. The van der Waals surface area contributed by atoms with Crippen molar-refractivity contribution >= 4 is 23.4 Å². The van der Waals surface area contributed by atoms with E-state index in [0.717, 1.165) is 11.8 Å². The third-order valence-electron chi connectivity index (χ3n) is 3.73. The molecule has 0 saturated carbocycles. The lowest BCUT2D eigenvalue weighted by Crippen LogP contribution is -2.13. The lowest BCUT2D eigenvalue weighted by atomic mass is 10.2. The Kier molecular flexibility index (Phi) is 4.84. The van der Waals surface area contributed by atoms with Crippen LogP contribution in [0.1, 0.15) is 0 Å². The summed E-state index contributed by atoms with van der Waals surface area (Å²) in [6.45, 7) is 0.189. The van der Waals surface area contributed by atoms with Crippen LogP contribution in [0.25, 0.3) is 11.5 Å². The molecule has 0 fully saturated rings. The maximum Gasteiger partial charge on any atom is 0.277 e. The molecular weight excluding hydrogens is 370 g/mol. The summed E-state index contributed by atoms with van der Waals surface area (Å²) >= 11 is 1.15. The fourth-order valence-corrected chi connectivity index (χ4v) is 3.06. The molecule has 27 heavy (non-hydrogen) atoms. The summed E-state index contributed by atoms with van der Waals surface area (Å²) in [5, 5.41) is 11.1. The number of ether oxygens (including phenoxy) is 3. The lowest BCUT2D eigenvalue weighted by molar-refractivity contribution is -0.113. The van der Waals surface area contributed by atoms with E-state index in [9.17, 15) is 4.79 Å². The molecule has 2 aromatic carbocycles. The van der Waals surface area contributed by atoms with Gasteiger partial charge in [0.15, 0.2) is 11.5 Å². The number of nitrogens with zero attached hydrogens (tertiary/aromatic N) is 2. The Balaban J connectivity index is 1.36. The van der Waals surface area contributed by atoms with Crippen LogP contribution in [0.4, 0.5) is 5.69 Å². The van der Waals surface area contributed by atoms with Gasteiger partial charge in [0.05, 0.1) is 18.4 Å². The van der Waals surface area contributed by atoms with Crippen LogP contribution in [-0.4, -0.2) is 35.8 Å². The van der Waals surface area contributed by atoms with Gasteiger partial charge >= 0.3 is 0 Å². The fourth-order valence-electron chi connectivity index (χ4n) is 2.50. The summed E-state index contributed by atoms with van der Waals surface area (Å²) in [5.41, 5.74) is 1.33. The van der Waals surface area contributed by atoms with Crippen molar-refractivity contribution < 1.29 is 23.4 Å². The average Bonchev–Trinajstić information content (AvgIpc) is 3.35. The van der Waals surface area contributed by atoms with Crippen molar-refractivity contribution in [2.75, 3.05) is 25.0 Å². The minimum atomic E-state index is -0.198. The molecule has 0 spiro atoms. The Morgan fingerprint density at radius 1 is 1.19 bits per heavy atom. The van der Waals surface area contributed by atoms with Crippen LogP contribution in [0.3, 0.4) is 0 Å². The summed E-state index contributed by atoms with van der Waals surface area (Å²) in [4.78, 5) is 12.1. The predicted octanol–water partition coefficient (Wildman–Crippen LogP) is 3.20. The van der Waals surface area contributed by atoms with Crippen molar-refractivity contribution in [3.8, 4) is 28.7 Å². The smallest absolute Gasteiger partial charge is 0.277 e. The van der Waals surface area contributed by atoms with Crippen LogP contribution in [0.2, 0.25) is 0 Å². The first kappa shape index (κ1) is 17.2. The van der Waals surface area contributed by atoms with E-state index in [1.165, 1.54) is 0 Å². The molecule has 1 aliphatic heterocycles. The number of carbonyl (C=O) groups excluding carboxylic acids is 1. The van der Waals surface area contributed by atoms with E-state index in [4.69, 9.17) is 18.6 Å². The SMILES string of the molecule is COc1ccccc1-c1nnc(SCC(=O)Nc2ccc3c(c2)OCO3)o1. The highest BCUT2D eigenvalue weighted by molar-refractivity contribution is 7.99. The molecule has 0 aliphatic carbocycles. The number of thioether (sulfide) groups is 1. The van der Waals surface area contributed by atoms with Crippen LogP contribution < -0.4 is 19.5 Å². The molecule has 0 atom stereocenters. The van der Waals surface area contributed by atoms with Gasteiger partial charge in [-0.05, 0) is 24.3 Å². The van der Waals surface area contributed by atoms with Gasteiger partial charge in [0.2, 0.25) is 12.7 Å². The van der Waals surface area contributed by atoms with E-state index >= 15 is 0 Å². The normalized spacial score (nSPS) is 12.0. The zero-order chi connectivity index (χ0) is 18.6. The third-order valence-corrected chi connectivity index (χ3v) is 4.55. The molecule has 0 bridgehead atoms. The zero-order valence-corrected chi connectivity index (χ0v) is 15.1. The van der Waals surface area contributed by atoms with Crippen LogP contribution >= 0.6 is 11.8 Å². The first-order valence-corrected chi connectivity index (χ1v) is 9.00. The Morgan fingerprint density at radius 2 is 2.04 bits per heavy atom. The maximum atomic E-state index is 12.1. The topological polar surface area (TPSA) is 95.7 Å². The van der Waals surface area contributed by atoms with E-state index in [-0.39, 0.29) is 18.5 Å². The number of benzene rings is 2. The van der Waals surface area contributed by atoms with Crippen molar-refractivity contribution in [1.82, 2.24) is 10.2 Å². The van der Waals surface area contributed by atoms with Gasteiger partial charge in [-0.3, -0.25) is 4.79 Å². The second kappa shape index (κ2) is 7.58. The molecule has 138 valence electrons. The second-order valence-electron chi connectivity index (χ2n) is 5.48. The van der Waals surface area contributed by atoms with Crippen molar-refractivity contribution in [3.63, 3.8) is 0 Å². The number of carbonyl (C=O) groups is 1. The molecule has 0 radical (unpaired) electrons. The highest BCUT2D eigenvalue weighted by Gasteiger charge is 2.16. The van der Waals surface area contributed by atoms with Gasteiger partial charge < -0.3 is 23.9 Å². The van der Waals surface area contributed by atoms with Crippen molar-refractivity contribution in [2.24, 2.45) is 0 Å². The van der Waals surface area contributed by atoms with E-state index in [2.05, 4.69) is 15.5 Å². The van der Waals surface area contributed by atoms with E-state index in [1.807, 2.05) is 24.3 Å². The molecule has 9 heteroatoms. The molecule has 0 unspecified atom stereocenters. The number of rotatable bonds is 6. The fraction of sp³-hybridized carbons (Fsp3) is 0.167. The standard InChI is InChI=1S/C18H15N3O5S/c1-23-13-5-3-2-4-12(13)17-20-21-18(26-17)27-9-16(22)19-11-6-7-14-15(8-11)25-10-24-14/h2-8H,9-10H2,1H3,(H,19,22). The molecule has 8 nitrogen and oxygen atoms in total. The highest BCUT2D eigenvalue weighted by atomic mass is 32.2. The number of para-hydroxylation sites is 1. The van der Waals surface area contributed by atoms with Crippen LogP contribution in [0.5, 0.6) is 17.2 Å². The second-order valence-corrected chi connectivity index (χ2v) is 6.40. The van der Waals surface area contributed by atoms with Gasteiger partial charge in [-0.2, -0.15) is 0 Å². The number of hydrogen-bond acceptors (Lipinski definition) is 8. The summed E-state index contributed by atoms with van der Waals surface area (Å²) in [5.74, 6) is 2.18. The molecule has 1 amide bonds. The molecule has 4 rings (SSSR count). The molecule has 1 N–H and O–H groups in total. The number of amides is 1. The Hall–Kier alpha value is -3.20. The van der Waals surface area contributed by atoms with Crippen molar-refractivity contribution in [3.05, 3.63) is 42.5 Å². The van der Waals surface area contributed by atoms with Gasteiger partial charge in [0, 0.05) is 11.8 Å². The Labute approximate surface area is 158 Å². The number of nitrogens with one attached hydrogen (secondary N) is 1. The van der Waals surface area contributed by atoms with Crippen molar-refractivity contribution in [1.29, 1.82) is 0 Å². The summed E-state index contributed by atoms with van der Waals surface area (Å²) in [7, 11) is 1.57. The van der Waals surface area contributed by atoms with Gasteiger partial charge in [0.25, 0.3) is 11.1 Å². The molecular formula is C18H15N3O5S. The van der Waals surface area contributed by atoms with E-state index in [1.54, 1.807) is 25.3 Å².